The predicted molar refractivity (Wildman–Crippen MR) is 170 cm³/mol. The molecule has 1 aliphatic heterocycles. The van der Waals surface area contributed by atoms with E-state index in [0.717, 1.165) is 22.3 Å². The first-order valence-corrected chi connectivity index (χ1v) is 18.2. The van der Waals surface area contributed by atoms with Gasteiger partial charge in [0.1, 0.15) is 19.8 Å². The standard InChI is InChI=1S/C37H40O4Si/c1-42(2,3)27-26-36(38)35(25-24-34(40-36)29-39-28-30-16-8-4-9-17-30)41-37(31-18-10-5-11-19-31,32-20-12-6-13-21-32)33-22-14-7-15-23-33/h4-23,34-35,38H,24-25,28-29H2,1-3H3. The monoisotopic (exact) mass is 576 g/mol. The van der Waals surface area contributed by atoms with Crippen molar-refractivity contribution < 1.29 is 19.3 Å². The average molecular weight is 577 g/mol. The van der Waals surface area contributed by atoms with Crippen LogP contribution < -0.4 is 0 Å². The van der Waals surface area contributed by atoms with E-state index in [2.05, 4.69) is 67.5 Å². The second-order valence-electron chi connectivity index (χ2n) is 11.9. The summed E-state index contributed by atoms with van der Waals surface area (Å²) in [5, 5.41) is 12.2. The van der Waals surface area contributed by atoms with Gasteiger partial charge in [0.25, 0.3) is 5.79 Å². The second kappa shape index (κ2) is 13.2. The summed E-state index contributed by atoms with van der Waals surface area (Å²) in [7, 11) is -1.85. The van der Waals surface area contributed by atoms with Gasteiger partial charge in [0.15, 0.2) is 0 Å². The number of aliphatic hydroxyl groups is 1. The van der Waals surface area contributed by atoms with Crippen molar-refractivity contribution in [2.45, 2.75) is 62.7 Å². The lowest BCUT2D eigenvalue weighted by Gasteiger charge is -2.45. The third-order valence-corrected chi connectivity index (χ3v) is 8.30. The molecule has 4 nitrogen and oxygen atoms in total. The van der Waals surface area contributed by atoms with Gasteiger partial charge in [-0.1, -0.05) is 141 Å². The van der Waals surface area contributed by atoms with Crippen molar-refractivity contribution in [1.82, 2.24) is 0 Å². The van der Waals surface area contributed by atoms with Gasteiger partial charge in [-0.2, -0.15) is 0 Å². The Morgan fingerprint density at radius 3 is 1.71 bits per heavy atom. The number of hydrogen-bond acceptors (Lipinski definition) is 4. The molecule has 0 spiro atoms. The smallest absolute Gasteiger partial charge is 0.258 e. The van der Waals surface area contributed by atoms with Gasteiger partial charge >= 0.3 is 0 Å². The topological polar surface area (TPSA) is 47.9 Å². The fourth-order valence-electron chi connectivity index (χ4n) is 5.38. The SMILES string of the molecule is C[Si](C)(C)C#CC1(O)OC(COCc2ccccc2)CCC1OC(c1ccccc1)(c1ccccc1)c1ccccc1. The van der Waals surface area contributed by atoms with Crippen molar-refractivity contribution in [3.05, 3.63) is 144 Å². The highest BCUT2D eigenvalue weighted by Crippen LogP contribution is 2.44. The van der Waals surface area contributed by atoms with E-state index in [1.54, 1.807) is 0 Å². The van der Waals surface area contributed by atoms with Crippen molar-refractivity contribution in [3.8, 4) is 11.5 Å². The molecule has 1 aliphatic rings. The van der Waals surface area contributed by atoms with Crippen LogP contribution in [0.3, 0.4) is 0 Å². The van der Waals surface area contributed by atoms with Crippen molar-refractivity contribution in [1.29, 1.82) is 0 Å². The highest BCUT2D eigenvalue weighted by molar-refractivity contribution is 6.83. The number of ether oxygens (including phenoxy) is 3. The van der Waals surface area contributed by atoms with Crippen LogP contribution in [0.2, 0.25) is 19.6 Å². The lowest BCUT2D eigenvalue weighted by molar-refractivity contribution is -0.294. The molecule has 42 heavy (non-hydrogen) atoms. The molecule has 1 saturated heterocycles. The Labute approximate surface area is 251 Å². The molecule has 1 N–H and O–H groups in total. The van der Waals surface area contributed by atoms with Crippen molar-refractivity contribution in [2.75, 3.05) is 6.61 Å². The molecular formula is C37H40O4Si. The van der Waals surface area contributed by atoms with Gasteiger partial charge in [-0.15, -0.1) is 5.54 Å². The molecule has 3 atom stereocenters. The molecular weight excluding hydrogens is 536 g/mol. The van der Waals surface area contributed by atoms with Crippen LogP contribution in [-0.4, -0.2) is 37.8 Å². The molecule has 5 heteroatoms. The van der Waals surface area contributed by atoms with Crippen LogP contribution in [-0.2, 0) is 26.4 Å². The van der Waals surface area contributed by atoms with E-state index in [-0.39, 0.29) is 6.10 Å². The van der Waals surface area contributed by atoms with Crippen molar-refractivity contribution in [3.63, 3.8) is 0 Å². The van der Waals surface area contributed by atoms with Gasteiger partial charge in [0, 0.05) is 0 Å². The van der Waals surface area contributed by atoms with Crippen LogP contribution >= 0.6 is 0 Å². The lowest BCUT2D eigenvalue weighted by Crippen LogP contribution is -2.55. The molecule has 216 valence electrons. The highest BCUT2D eigenvalue weighted by atomic mass is 28.3. The van der Waals surface area contributed by atoms with Crippen molar-refractivity contribution >= 4 is 8.07 Å². The van der Waals surface area contributed by atoms with E-state index in [1.807, 2.05) is 84.9 Å². The Morgan fingerprint density at radius 2 is 1.24 bits per heavy atom. The van der Waals surface area contributed by atoms with Gasteiger partial charge < -0.3 is 19.3 Å². The van der Waals surface area contributed by atoms with E-state index in [9.17, 15) is 5.11 Å². The molecule has 0 aromatic heterocycles. The molecule has 5 rings (SSSR count). The highest BCUT2D eigenvalue weighted by Gasteiger charge is 2.50. The minimum absolute atomic E-state index is 0.311. The summed E-state index contributed by atoms with van der Waals surface area (Å²) in [6, 6.07) is 40.7. The normalized spacial score (nSPS) is 20.9. The minimum Gasteiger partial charge on any atom is -0.374 e. The number of benzene rings is 4. The van der Waals surface area contributed by atoms with Gasteiger partial charge in [0.2, 0.25) is 0 Å². The summed E-state index contributed by atoms with van der Waals surface area (Å²) in [5.41, 5.74) is 6.37. The zero-order valence-electron chi connectivity index (χ0n) is 24.7. The first kappa shape index (κ1) is 30.0. The molecule has 0 radical (unpaired) electrons. The maximum atomic E-state index is 12.2. The summed E-state index contributed by atoms with van der Waals surface area (Å²) in [6.07, 6.45) is 0.205. The molecule has 0 bridgehead atoms. The van der Waals surface area contributed by atoms with E-state index < -0.39 is 25.6 Å². The molecule has 0 saturated carbocycles. The van der Waals surface area contributed by atoms with E-state index in [1.165, 1.54) is 0 Å². The van der Waals surface area contributed by atoms with Crippen LogP contribution in [0.15, 0.2) is 121 Å². The minimum atomic E-state index is -1.85. The van der Waals surface area contributed by atoms with Gasteiger partial charge in [-0.05, 0) is 41.0 Å². The number of rotatable bonds is 9. The van der Waals surface area contributed by atoms with Crippen LogP contribution in [0.5, 0.6) is 0 Å². The molecule has 1 heterocycles. The van der Waals surface area contributed by atoms with Gasteiger partial charge in [-0.3, -0.25) is 0 Å². The second-order valence-corrected chi connectivity index (χ2v) is 16.7. The third-order valence-electron chi connectivity index (χ3n) is 7.43. The van der Waals surface area contributed by atoms with Gasteiger partial charge in [-0.25, -0.2) is 0 Å². The Bertz CT molecular complexity index is 1360. The predicted octanol–water partition coefficient (Wildman–Crippen LogP) is 7.33. The first-order chi connectivity index (χ1) is 20.3. The Morgan fingerprint density at radius 1 is 0.762 bits per heavy atom. The zero-order chi connectivity index (χ0) is 29.5. The van der Waals surface area contributed by atoms with Crippen LogP contribution in [0.1, 0.15) is 35.1 Å². The first-order valence-electron chi connectivity index (χ1n) is 14.7. The summed E-state index contributed by atoms with van der Waals surface area (Å²) in [5.74, 6) is 1.36. The molecule has 1 fully saturated rings. The zero-order valence-corrected chi connectivity index (χ0v) is 25.7. The lowest BCUT2D eigenvalue weighted by atomic mass is 9.79. The fraction of sp³-hybridized carbons (Fsp3) is 0.297. The maximum Gasteiger partial charge on any atom is 0.258 e. The molecule has 4 aromatic rings. The molecule has 0 amide bonds. The molecule has 0 aliphatic carbocycles. The van der Waals surface area contributed by atoms with Gasteiger partial charge in [0.05, 0.1) is 19.3 Å². The summed E-state index contributed by atoms with van der Waals surface area (Å²) in [6.45, 7) is 7.32. The van der Waals surface area contributed by atoms with Crippen molar-refractivity contribution in [2.24, 2.45) is 0 Å². The molecule has 4 aromatic carbocycles. The van der Waals surface area contributed by atoms with Crippen LogP contribution in [0, 0.1) is 11.5 Å². The summed E-state index contributed by atoms with van der Waals surface area (Å²) >= 11 is 0. The number of hydrogen-bond donors (Lipinski definition) is 1. The summed E-state index contributed by atoms with van der Waals surface area (Å²) in [4.78, 5) is 0. The molecule has 3 unspecified atom stereocenters. The maximum absolute atomic E-state index is 12.2. The van der Waals surface area contributed by atoms with Crippen LogP contribution in [0.25, 0.3) is 0 Å². The van der Waals surface area contributed by atoms with E-state index in [0.29, 0.717) is 26.1 Å². The van der Waals surface area contributed by atoms with E-state index in [4.69, 9.17) is 14.2 Å². The Balaban J connectivity index is 1.52. The Kier molecular flexibility index (Phi) is 9.42. The average Bonchev–Trinajstić information content (AvgIpc) is 3.01. The quantitative estimate of drug-likeness (QED) is 0.129. The fourth-order valence-corrected chi connectivity index (χ4v) is 5.94. The van der Waals surface area contributed by atoms with E-state index >= 15 is 0 Å². The largest absolute Gasteiger partial charge is 0.374 e. The van der Waals surface area contributed by atoms with Crippen LogP contribution in [0.4, 0.5) is 0 Å². The Hall–Kier alpha value is -3.50. The third kappa shape index (κ3) is 7.10. The summed E-state index contributed by atoms with van der Waals surface area (Å²) < 4.78 is 19.7.